The van der Waals surface area contributed by atoms with Crippen LogP contribution in [0.25, 0.3) is 43.6 Å². The van der Waals surface area contributed by atoms with Gasteiger partial charge >= 0.3 is 0 Å². The molecular weight excluding hydrogens is 442 g/mol. The molecular formula is C31H25N5. The minimum Gasteiger partial charge on any atom is -0.363 e. The van der Waals surface area contributed by atoms with Gasteiger partial charge in [0.25, 0.3) is 0 Å². The fraction of sp³-hybridized carbons (Fsp3) is 0.0968. The van der Waals surface area contributed by atoms with Crippen LogP contribution in [-0.4, -0.2) is 19.1 Å². The molecule has 5 nitrogen and oxygen atoms in total. The van der Waals surface area contributed by atoms with E-state index in [1.54, 1.807) is 0 Å². The number of para-hydroxylation sites is 2. The van der Waals surface area contributed by atoms with Crippen molar-refractivity contribution < 1.29 is 0 Å². The van der Waals surface area contributed by atoms with Crippen molar-refractivity contribution in [3.05, 3.63) is 115 Å². The minimum absolute atomic E-state index is 0.599. The molecule has 0 aliphatic rings. The number of aromatic nitrogens is 4. The van der Waals surface area contributed by atoms with E-state index in [-0.39, 0.29) is 0 Å². The number of hydrogen-bond acceptors (Lipinski definition) is 3. The number of rotatable bonds is 5. The third-order valence-corrected chi connectivity index (χ3v) is 7.15. The molecule has 0 aliphatic carbocycles. The summed E-state index contributed by atoms with van der Waals surface area (Å²) < 4.78 is 4.58. The molecule has 0 atom stereocenters. The highest BCUT2D eigenvalue weighted by Gasteiger charge is 2.14. The molecule has 0 unspecified atom stereocenters. The van der Waals surface area contributed by atoms with E-state index in [4.69, 9.17) is 4.98 Å². The maximum atomic E-state index is 4.85. The fourth-order valence-electron chi connectivity index (χ4n) is 5.45. The summed E-state index contributed by atoms with van der Waals surface area (Å²) in [5.74, 6) is 0.875. The predicted octanol–water partition coefficient (Wildman–Crippen LogP) is 6.89. The lowest BCUT2D eigenvalue weighted by Gasteiger charge is -2.10. The van der Waals surface area contributed by atoms with Gasteiger partial charge in [-0.15, -0.1) is 0 Å². The third-order valence-electron chi connectivity index (χ3n) is 7.15. The van der Waals surface area contributed by atoms with Crippen LogP contribution in [0.2, 0.25) is 0 Å². The summed E-state index contributed by atoms with van der Waals surface area (Å²) in [5.41, 5.74) is 6.96. The molecule has 1 N–H and O–H groups in total. The number of nitrogens with zero attached hydrogens (tertiary/aromatic N) is 4. The zero-order valence-corrected chi connectivity index (χ0v) is 20.0. The van der Waals surface area contributed by atoms with Crippen molar-refractivity contribution in [2.75, 3.05) is 5.32 Å². The van der Waals surface area contributed by atoms with Crippen molar-refractivity contribution in [1.29, 1.82) is 0 Å². The van der Waals surface area contributed by atoms with Gasteiger partial charge in [0, 0.05) is 52.4 Å². The van der Waals surface area contributed by atoms with Gasteiger partial charge in [-0.1, -0.05) is 66.7 Å². The lowest BCUT2D eigenvalue weighted by Crippen LogP contribution is -2.05. The van der Waals surface area contributed by atoms with Crippen molar-refractivity contribution >= 4 is 49.4 Å². The van der Waals surface area contributed by atoms with Gasteiger partial charge in [0.05, 0.1) is 29.5 Å². The first kappa shape index (κ1) is 20.7. The zero-order valence-electron chi connectivity index (χ0n) is 20.0. The van der Waals surface area contributed by atoms with Gasteiger partial charge in [0.2, 0.25) is 0 Å². The van der Waals surface area contributed by atoms with Crippen molar-refractivity contribution in [3.63, 3.8) is 0 Å². The highest BCUT2D eigenvalue weighted by molar-refractivity contribution is 6.11. The van der Waals surface area contributed by atoms with Crippen LogP contribution in [0.3, 0.4) is 0 Å². The van der Waals surface area contributed by atoms with Crippen LogP contribution < -0.4 is 5.32 Å². The Bertz CT molecular complexity index is 1880. The number of benzene rings is 3. The molecule has 0 bridgehead atoms. The summed E-state index contributed by atoms with van der Waals surface area (Å²) in [6, 6.07) is 32.0. The van der Waals surface area contributed by atoms with Crippen LogP contribution in [0.15, 0.2) is 103 Å². The van der Waals surface area contributed by atoms with E-state index in [9.17, 15) is 0 Å². The van der Waals surface area contributed by atoms with Crippen LogP contribution in [0.4, 0.5) is 5.82 Å². The molecule has 0 spiro atoms. The highest BCUT2D eigenvalue weighted by Crippen LogP contribution is 2.32. The Balaban J connectivity index is 1.27. The molecule has 7 aromatic rings. The maximum Gasteiger partial charge on any atom is 0.150 e. The molecule has 3 aromatic carbocycles. The average molecular weight is 468 g/mol. The van der Waals surface area contributed by atoms with Crippen molar-refractivity contribution in [3.8, 4) is 0 Å². The largest absolute Gasteiger partial charge is 0.363 e. The number of aryl methyl sites for hydroxylation is 1. The summed E-state index contributed by atoms with van der Waals surface area (Å²) in [6.07, 6.45) is 3.89. The highest BCUT2D eigenvalue weighted by atomic mass is 15.1. The van der Waals surface area contributed by atoms with Crippen LogP contribution >= 0.6 is 0 Å². The van der Waals surface area contributed by atoms with E-state index >= 15 is 0 Å². The van der Waals surface area contributed by atoms with Crippen LogP contribution in [0.5, 0.6) is 0 Å². The Morgan fingerprint density at radius 2 is 1.42 bits per heavy atom. The number of fused-ring (bicyclic) bond motifs is 6. The van der Waals surface area contributed by atoms with Crippen molar-refractivity contribution in [2.24, 2.45) is 7.05 Å². The summed E-state index contributed by atoms with van der Waals surface area (Å²) in [5, 5.41) is 8.49. The van der Waals surface area contributed by atoms with Gasteiger partial charge in [-0.25, -0.2) is 4.98 Å². The summed E-state index contributed by atoms with van der Waals surface area (Å²) in [4.78, 5) is 9.52. The second-order valence-electron chi connectivity index (χ2n) is 9.27. The molecule has 0 aliphatic heterocycles. The first-order chi connectivity index (χ1) is 17.8. The van der Waals surface area contributed by atoms with Crippen LogP contribution in [0.1, 0.15) is 11.3 Å². The molecule has 0 saturated heterocycles. The fourth-order valence-corrected chi connectivity index (χ4v) is 5.45. The maximum absolute atomic E-state index is 4.85. The number of hydrogen-bond donors (Lipinski definition) is 1. The summed E-state index contributed by atoms with van der Waals surface area (Å²) in [6.45, 7) is 1.42. The van der Waals surface area contributed by atoms with E-state index in [0.29, 0.717) is 6.54 Å². The standard InChI is InChI=1S/C31H25N5/c1-35-27-13-7-5-11-23(27)25-15-16-32-31(30(25)35)34-18-22-17-26-24-12-6-8-14-28(24)36(29(26)19-33-22)20-21-9-3-2-4-10-21/h2-17,19H,18,20H2,1H3,(H,32,34). The Labute approximate surface area is 208 Å². The second kappa shape index (κ2) is 8.24. The van der Waals surface area contributed by atoms with Crippen molar-refractivity contribution in [1.82, 2.24) is 19.1 Å². The number of pyridine rings is 2. The summed E-state index contributed by atoms with van der Waals surface area (Å²) in [7, 11) is 2.10. The van der Waals surface area contributed by atoms with Crippen LogP contribution in [-0.2, 0) is 20.1 Å². The molecule has 4 heterocycles. The van der Waals surface area contributed by atoms with Gasteiger partial charge in [0.1, 0.15) is 0 Å². The lowest BCUT2D eigenvalue weighted by molar-refractivity contribution is 0.865. The Morgan fingerprint density at radius 3 is 2.25 bits per heavy atom. The minimum atomic E-state index is 0.599. The molecule has 0 radical (unpaired) electrons. The van der Waals surface area contributed by atoms with E-state index in [2.05, 4.69) is 117 Å². The Morgan fingerprint density at radius 1 is 0.694 bits per heavy atom. The molecule has 4 aromatic heterocycles. The van der Waals surface area contributed by atoms with Gasteiger partial charge in [-0.05, 0) is 29.8 Å². The molecule has 174 valence electrons. The molecule has 0 amide bonds. The van der Waals surface area contributed by atoms with Gasteiger partial charge < -0.3 is 14.5 Å². The van der Waals surface area contributed by atoms with E-state index in [1.807, 2.05) is 12.4 Å². The van der Waals surface area contributed by atoms with E-state index in [1.165, 1.54) is 38.1 Å². The average Bonchev–Trinajstić information content (AvgIpc) is 3.40. The topological polar surface area (TPSA) is 47.7 Å². The lowest BCUT2D eigenvalue weighted by atomic mass is 10.1. The van der Waals surface area contributed by atoms with E-state index in [0.717, 1.165) is 29.1 Å². The molecule has 0 fully saturated rings. The third kappa shape index (κ3) is 3.24. The summed E-state index contributed by atoms with van der Waals surface area (Å²) >= 11 is 0. The zero-order chi connectivity index (χ0) is 24.1. The molecule has 36 heavy (non-hydrogen) atoms. The van der Waals surface area contributed by atoms with Gasteiger partial charge in [-0.2, -0.15) is 0 Å². The normalized spacial score (nSPS) is 11.7. The second-order valence-corrected chi connectivity index (χ2v) is 9.27. The quantitative estimate of drug-likeness (QED) is 0.300. The molecule has 0 saturated carbocycles. The first-order valence-electron chi connectivity index (χ1n) is 12.2. The van der Waals surface area contributed by atoms with E-state index < -0.39 is 0 Å². The number of anilines is 1. The first-order valence-corrected chi connectivity index (χ1v) is 12.2. The predicted molar refractivity (Wildman–Crippen MR) is 148 cm³/mol. The molecule has 5 heteroatoms. The smallest absolute Gasteiger partial charge is 0.150 e. The Kier molecular flexibility index (Phi) is 4.74. The Hall–Kier alpha value is -4.64. The van der Waals surface area contributed by atoms with Gasteiger partial charge in [0.15, 0.2) is 5.82 Å². The van der Waals surface area contributed by atoms with Gasteiger partial charge in [-0.3, -0.25) is 4.98 Å². The monoisotopic (exact) mass is 467 g/mol. The SMILES string of the molecule is Cn1c2ccccc2c2ccnc(NCc3cc4c5ccccc5n(Cc5ccccc5)c4cn3)c21. The number of nitrogens with one attached hydrogen (secondary N) is 1. The molecule has 7 rings (SSSR count). The van der Waals surface area contributed by atoms with Crippen LogP contribution in [0, 0.1) is 0 Å². The van der Waals surface area contributed by atoms with Crippen molar-refractivity contribution in [2.45, 2.75) is 13.1 Å².